The van der Waals surface area contributed by atoms with Crippen LogP contribution in [0.25, 0.3) is 0 Å². The summed E-state index contributed by atoms with van der Waals surface area (Å²) in [5.74, 6) is 0. The summed E-state index contributed by atoms with van der Waals surface area (Å²) < 4.78 is 28.3. The van der Waals surface area contributed by atoms with Gasteiger partial charge in [-0.05, 0) is 68.7 Å². The van der Waals surface area contributed by atoms with Gasteiger partial charge in [0.2, 0.25) is 0 Å². The maximum absolute atomic E-state index is 13.3. The van der Waals surface area contributed by atoms with E-state index >= 15 is 0 Å². The number of hydrogen-bond acceptors (Lipinski definition) is 3. The van der Waals surface area contributed by atoms with Gasteiger partial charge < -0.3 is 4.90 Å². The second kappa shape index (κ2) is 9.27. The Balaban J connectivity index is 1.53. The van der Waals surface area contributed by atoms with E-state index in [4.69, 9.17) is 0 Å². The SMILES string of the molecule is Cc1cc(C)cc(CN2CCCN(c3cccc(NS(=O)(=O)c4cccc(C)c4)c3)C2=O)c1. The molecule has 7 heteroatoms. The number of sulfonamides is 1. The first-order chi connectivity index (χ1) is 15.7. The van der Waals surface area contributed by atoms with Gasteiger partial charge in [-0.25, -0.2) is 13.2 Å². The molecule has 2 amide bonds. The van der Waals surface area contributed by atoms with Crippen molar-refractivity contribution in [3.8, 4) is 0 Å². The van der Waals surface area contributed by atoms with Crippen LogP contribution in [0, 0.1) is 20.8 Å². The summed E-state index contributed by atoms with van der Waals surface area (Å²) in [6, 6.07) is 20.1. The van der Waals surface area contributed by atoms with Gasteiger partial charge in [-0.3, -0.25) is 9.62 Å². The summed E-state index contributed by atoms with van der Waals surface area (Å²) in [4.78, 5) is 17.0. The molecule has 1 heterocycles. The van der Waals surface area contributed by atoms with E-state index < -0.39 is 10.0 Å². The molecule has 172 valence electrons. The maximum Gasteiger partial charge on any atom is 0.324 e. The van der Waals surface area contributed by atoms with Crippen LogP contribution in [0.1, 0.15) is 28.7 Å². The van der Waals surface area contributed by atoms with Crippen LogP contribution >= 0.6 is 0 Å². The smallest absolute Gasteiger partial charge is 0.320 e. The number of carbonyl (C=O) groups excluding carboxylic acids is 1. The number of benzene rings is 3. The largest absolute Gasteiger partial charge is 0.324 e. The van der Waals surface area contributed by atoms with Crippen molar-refractivity contribution >= 4 is 27.4 Å². The second-order valence-electron chi connectivity index (χ2n) is 8.68. The monoisotopic (exact) mass is 463 g/mol. The lowest BCUT2D eigenvalue weighted by atomic mass is 10.1. The molecule has 0 aliphatic carbocycles. The number of aryl methyl sites for hydroxylation is 3. The van der Waals surface area contributed by atoms with Crippen molar-refractivity contribution in [2.75, 3.05) is 22.7 Å². The maximum atomic E-state index is 13.3. The number of rotatable bonds is 6. The fraction of sp³-hybridized carbons (Fsp3) is 0.269. The summed E-state index contributed by atoms with van der Waals surface area (Å²) >= 11 is 0. The summed E-state index contributed by atoms with van der Waals surface area (Å²) in [6.45, 7) is 7.81. The quantitative estimate of drug-likeness (QED) is 0.543. The molecular formula is C26H29N3O3S. The van der Waals surface area contributed by atoms with E-state index in [9.17, 15) is 13.2 Å². The third-order valence-corrected chi connectivity index (χ3v) is 7.05. The molecule has 1 aliphatic heterocycles. The van der Waals surface area contributed by atoms with E-state index in [1.54, 1.807) is 41.3 Å². The Morgan fingerprint density at radius 2 is 1.58 bits per heavy atom. The highest BCUT2D eigenvalue weighted by molar-refractivity contribution is 7.92. The highest BCUT2D eigenvalue weighted by Crippen LogP contribution is 2.26. The van der Waals surface area contributed by atoms with Crippen LogP contribution < -0.4 is 9.62 Å². The minimum absolute atomic E-state index is 0.0703. The van der Waals surface area contributed by atoms with E-state index in [2.05, 4.69) is 36.8 Å². The third kappa shape index (κ3) is 5.37. The molecule has 6 nitrogen and oxygen atoms in total. The lowest BCUT2D eigenvalue weighted by Crippen LogP contribution is -2.49. The molecule has 33 heavy (non-hydrogen) atoms. The predicted octanol–water partition coefficient (Wildman–Crippen LogP) is 5.24. The molecule has 0 spiro atoms. The van der Waals surface area contributed by atoms with Gasteiger partial charge in [0.15, 0.2) is 0 Å². The first-order valence-electron chi connectivity index (χ1n) is 11.0. The molecule has 0 unspecified atom stereocenters. The molecule has 1 saturated heterocycles. The van der Waals surface area contributed by atoms with E-state index in [0.29, 0.717) is 31.0 Å². The number of urea groups is 1. The van der Waals surface area contributed by atoms with Crippen molar-refractivity contribution in [3.63, 3.8) is 0 Å². The average molecular weight is 464 g/mol. The fourth-order valence-corrected chi connectivity index (χ4v) is 5.44. The molecule has 4 rings (SSSR count). The minimum atomic E-state index is -3.72. The van der Waals surface area contributed by atoms with Gasteiger partial charge in [-0.15, -0.1) is 0 Å². The molecule has 0 atom stereocenters. The fourth-order valence-electron chi connectivity index (χ4n) is 4.28. The number of amides is 2. The van der Waals surface area contributed by atoms with Gasteiger partial charge in [-0.2, -0.15) is 0 Å². The van der Waals surface area contributed by atoms with Gasteiger partial charge >= 0.3 is 6.03 Å². The number of carbonyl (C=O) groups is 1. The molecule has 0 radical (unpaired) electrons. The molecule has 3 aromatic rings. The van der Waals surface area contributed by atoms with Crippen molar-refractivity contribution < 1.29 is 13.2 Å². The molecule has 0 aromatic heterocycles. The molecule has 3 aromatic carbocycles. The van der Waals surface area contributed by atoms with Crippen LogP contribution in [0.15, 0.2) is 71.6 Å². The number of anilines is 2. The predicted molar refractivity (Wildman–Crippen MR) is 132 cm³/mol. The lowest BCUT2D eigenvalue weighted by molar-refractivity contribution is 0.192. The van der Waals surface area contributed by atoms with Crippen LogP contribution in [0.4, 0.5) is 16.2 Å². The van der Waals surface area contributed by atoms with Gasteiger partial charge in [0.05, 0.1) is 10.6 Å². The van der Waals surface area contributed by atoms with Crippen molar-refractivity contribution in [2.45, 2.75) is 38.6 Å². The average Bonchev–Trinajstić information content (AvgIpc) is 2.74. The van der Waals surface area contributed by atoms with Crippen LogP contribution in [-0.2, 0) is 16.6 Å². The first-order valence-corrected chi connectivity index (χ1v) is 12.5. The molecule has 1 N–H and O–H groups in total. The molecule has 0 bridgehead atoms. The van der Waals surface area contributed by atoms with Crippen LogP contribution in [0.3, 0.4) is 0 Å². The number of nitrogens with zero attached hydrogens (tertiary/aromatic N) is 2. The summed E-state index contributed by atoms with van der Waals surface area (Å²) in [6.07, 6.45) is 0.843. The van der Waals surface area contributed by atoms with Gasteiger partial charge in [0, 0.05) is 25.3 Å². The lowest BCUT2D eigenvalue weighted by Gasteiger charge is -2.36. The van der Waals surface area contributed by atoms with Crippen molar-refractivity contribution in [1.29, 1.82) is 0 Å². The Labute approximate surface area is 195 Å². The van der Waals surface area contributed by atoms with Crippen molar-refractivity contribution in [1.82, 2.24) is 4.90 Å². The summed E-state index contributed by atoms with van der Waals surface area (Å²) in [7, 11) is -3.72. The molecule has 1 aliphatic rings. The molecular weight excluding hydrogens is 434 g/mol. The zero-order chi connectivity index (χ0) is 23.6. The standard InChI is InChI=1S/C26H29N3O3S/c1-19-7-4-10-25(16-19)33(31,32)27-23-8-5-9-24(17-23)29-12-6-11-28(26(29)30)18-22-14-20(2)13-21(3)15-22/h4-5,7-10,13-17,27H,6,11-12,18H2,1-3H3. The van der Waals surface area contributed by atoms with Gasteiger partial charge in [-0.1, -0.05) is 47.5 Å². The zero-order valence-electron chi connectivity index (χ0n) is 19.2. The van der Waals surface area contributed by atoms with Crippen LogP contribution in [-0.4, -0.2) is 32.4 Å². The van der Waals surface area contributed by atoms with Gasteiger partial charge in [0.25, 0.3) is 10.0 Å². The number of nitrogens with one attached hydrogen (secondary N) is 1. The van der Waals surface area contributed by atoms with Crippen LogP contribution in [0.5, 0.6) is 0 Å². The highest BCUT2D eigenvalue weighted by Gasteiger charge is 2.27. The summed E-state index contributed by atoms with van der Waals surface area (Å²) in [5.41, 5.74) is 5.44. The topological polar surface area (TPSA) is 69.7 Å². The van der Waals surface area contributed by atoms with E-state index in [-0.39, 0.29) is 10.9 Å². The zero-order valence-corrected chi connectivity index (χ0v) is 20.0. The minimum Gasteiger partial charge on any atom is -0.320 e. The van der Waals surface area contributed by atoms with Crippen molar-refractivity contribution in [2.24, 2.45) is 0 Å². The Bertz CT molecular complexity index is 1270. The van der Waals surface area contributed by atoms with E-state index in [1.165, 1.54) is 11.1 Å². The molecule has 0 saturated carbocycles. The normalized spacial score (nSPS) is 14.5. The summed E-state index contributed by atoms with van der Waals surface area (Å²) in [5, 5.41) is 0. The van der Waals surface area contributed by atoms with Crippen molar-refractivity contribution in [3.05, 3.63) is 89.0 Å². The first kappa shape index (κ1) is 22.9. The third-order valence-electron chi connectivity index (χ3n) is 5.68. The Kier molecular flexibility index (Phi) is 6.42. The van der Waals surface area contributed by atoms with Gasteiger partial charge in [0.1, 0.15) is 0 Å². The number of hydrogen-bond donors (Lipinski definition) is 1. The second-order valence-corrected chi connectivity index (χ2v) is 10.4. The Morgan fingerprint density at radius 1 is 0.848 bits per heavy atom. The van der Waals surface area contributed by atoms with Crippen LogP contribution in [0.2, 0.25) is 0 Å². The van der Waals surface area contributed by atoms with E-state index in [1.807, 2.05) is 24.0 Å². The van der Waals surface area contributed by atoms with E-state index in [0.717, 1.165) is 17.5 Å². The molecule has 1 fully saturated rings. The Hall–Kier alpha value is -3.32. The highest BCUT2D eigenvalue weighted by atomic mass is 32.2. The Morgan fingerprint density at radius 3 is 2.30 bits per heavy atom.